The van der Waals surface area contributed by atoms with Crippen LogP contribution in [0.15, 0.2) is 18.2 Å². The number of phenols is 1. The molecule has 0 aliphatic rings. The lowest BCUT2D eigenvalue weighted by Crippen LogP contribution is -2.06. The van der Waals surface area contributed by atoms with Crippen LogP contribution < -0.4 is 5.32 Å². The van der Waals surface area contributed by atoms with Gasteiger partial charge in [0.05, 0.1) is 5.56 Å². The molecule has 1 rings (SSSR count). The highest BCUT2D eigenvalue weighted by molar-refractivity contribution is 5.88. The van der Waals surface area contributed by atoms with Gasteiger partial charge in [-0.3, -0.25) is 0 Å². The fraction of sp³-hybridized carbons (Fsp3) is 0.222. The van der Waals surface area contributed by atoms with Gasteiger partial charge in [-0.25, -0.2) is 4.79 Å². The summed E-state index contributed by atoms with van der Waals surface area (Å²) in [5.41, 5.74) is 0.769. The Morgan fingerprint density at radius 1 is 1.54 bits per heavy atom. The fourth-order valence-corrected chi connectivity index (χ4v) is 1.05. The average molecular weight is 181 g/mol. The highest BCUT2D eigenvalue weighted by Crippen LogP contribution is 2.18. The summed E-state index contributed by atoms with van der Waals surface area (Å²) in [6, 6.07) is 4.21. The first-order chi connectivity index (χ1) is 6.15. The van der Waals surface area contributed by atoms with Crippen molar-refractivity contribution in [3.8, 4) is 5.75 Å². The molecule has 1 aromatic carbocycles. The second kappa shape index (κ2) is 3.91. The molecule has 0 radical (unpaired) electrons. The Bertz CT molecular complexity index is 323. The van der Waals surface area contributed by atoms with Crippen LogP contribution in [0.5, 0.6) is 5.75 Å². The van der Waals surface area contributed by atoms with E-state index in [9.17, 15) is 9.90 Å². The van der Waals surface area contributed by atoms with Gasteiger partial charge in [-0.2, -0.15) is 0 Å². The van der Waals surface area contributed by atoms with Gasteiger partial charge in [0.25, 0.3) is 0 Å². The first-order valence-corrected chi connectivity index (χ1v) is 3.85. The van der Waals surface area contributed by atoms with Gasteiger partial charge in [-0.15, -0.1) is 0 Å². The van der Waals surface area contributed by atoms with Crippen molar-refractivity contribution in [2.24, 2.45) is 0 Å². The van der Waals surface area contributed by atoms with Crippen LogP contribution in [-0.2, 0) is 6.54 Å². The van der Waals surface area contributed by atoms with Crippen molar-refractivity contribution in [2.75, 3.05) is 7.05 Å². The second-order valence-electron chi connectivity index (χ2n) is 2.68. The van der Waals surface area contributed by atoms with Crippen molar-refractivity contribution in [3.05, 3.63) is 29.3 Å². The number of carboxylic acids is 1. The van der Waals surface area contributed by atoms with Crippen molar-refractivity contribution in [3.63, 3.8) is 0 Å². The molecule has 0 unspecified atom stereocenters. The van der Waals surface area contributed by atoms with Crippen molar-refractivity contribution >= 4 is 5.97 Å². The summed E-state index contributed by atoms with van der Waals surface area (Å²) < 4.78 is 0. The molecular weight excluding hydrogens is 170 g/mol. The van der Waals surface area contributed by atoms with E-state index in [1.165, 1.54) is 18.2 Å². The molecule has 1 aromatic rings. The van der Waals surface area contributed by atoms with Crippen LogP contribution in [0, 0.1) is 0 Å². The lowest BCUT2D eigenvalue weighted by molar-refractivity contribution is 0.0696. The lowest BCUT2D eigenvalue weighted by atomic mass is 10.1. The Balaban J connectivity index is 3.03. The molecule has 0 aliphatic carbocycles. The summed E-state index contributed by atoms with van der Waals surface area (Å²) in [7, 11) is 1.73. The monoisotopic (exact) mass is 181 g/mol. The first kappa shape index (κ1) is 9.54. The standard InChI is InChI=1S/C9H11NO3/c1-10-5-7-4-6(9(12)13)2-3-8(7)11/h2-4,10-11H,5H2,1H3,(H,12,13). The quantitative estimate of drug-likeness (QED) is 0.645. The maximum atomic E-state index is 10.6. The number of carboxylic acid groups (broad SMARTS) is 1. The molecule has 4 nitrogen and oxygen atoms in total. The van der Waals surface area contributed by atoms with E-state index < -0.39 is 5.97 Å². The highest BCUT2D eigenvalue weighted by Gasteiger charge is 2.06. The van der Waals surface area contributed by atoms with Crippen LogP contribution in [0.1, 0.15) is 15.9 Å². The van der Waals surface area contributed by atoms with E-state index in [2.05, 4.69) is 5.32 Å². The Morgan fingerprint density at radius 2 is 2.23 bits per heavy atom. The molecule has 0 atom stereocenters. The third kappa shape index (κ3) is 2.19. The zero-order chi connectivity index (χ0) is 9.84. The summed E-state index contributed by atoms with van der Waals surface area (Å²) in [6.07, 6.45) is 0. The number of aromatic carboxylic acids is 1. The average Bonchev–Trinajstić information content (AvgIpc) is 2.08. The smallest absolute Gasteiger partial charge is 0.335 e. The van der Waals surface area contributed by atoms with Gasteiger partial charge >= 0.3 is 5.97 Å². The molecule has 3 N–H and O–H groups in total. The second-order valence-corrected chi connectivity index (χ2v) is 2.68. The molecule has 4 heteroatoms. The van der Waals surface area contributed by atoms with Gasteiger partial charge in [0.1, 0.15) is 5.75 Å². The number of aromatic hydroxyl groups is 1. The van der Waals surface area contributed by atoms with Crippen LogP contribution in [0.25, 0.3) is 0 Å². The summed E-state index contributed by atoms with van der Waals surface area (Å²) >= 11 is 0. The summed E-state index contributed by atoms with van der Waals surface area (Å²) in [5, 5.41) is 20.8. The molecule has 0 saturated heterocycles. The Hall–Kier alpha value is -1.55. The predicted octanol–water partition coefficient (Wildman–Crippen LogP) is 0.810. The Morgan fingerprint density at radius 3 is 2.77 bits per heavy atom. The topological polar surface area (TPSA) is 69.6 Å². The van der Waals surface area contributed by atoms with E-state index in [4.69, 9.17) is 5.11 Å². The number of nitrogens with one attached hydrogen (secondary N) is 1. The van der Waals surface area contributed by atoms with Crippen LogP contribution in [0.4, 0.5) is 0 Å². The number of phenolic OH excluding ortho intramolecular Hbond substituents is 1. The predicted molar refractivity (Wildman–Crippen MR) is 47.8 cm³/mol. The molecule has 0 bridgehead atoms. The first-order valence-electron chi connectivity index (χ1n) is 3.85. The molecule has 13 heavy (non-hydrogen) atoms. The molecule has 70 valence electrons. The van der Waals surface area contributed by atoms with E-state index in [-0.39, 0.29) is 11.3 Å². The third-order valence-electron chi connectivity index (χ3n) is 1.69. The number of carbonyl (C=O) groups is 1. The molecule has 0 aromatic heterocycles. The molecule has 0 fully saturated rings. The minimum absolute atomic E-state index is 0.111. The van der Waals surface area contributed by atoms with Gasteiger partial charge < -0.3 is 15.5 Å². The summed E-state index contributed by atoms with van der Waals surface area (Å²) in [6.45, 7) is 0.451. The fourth-order valence-electron chi connectivity index (χ4n) is 1.05. The maximum Gasteiger partial charge on any atom is 0.335 e. The van der Waals surface area contributed by atoms with Crippen molar-refractivity contribution in [2.45, 2.75) is 6.54 Å². The van der Waals surface area contributed by atoms with Crippen LogP contribution >= 0.6 is 0 Å². The zero-order valence-corrected chi connectivity index (χ0v) is 7.24. The number of rotatable bonds is 3. The molecule has 0 saturated carbocycles. The number of hydrogen-bond acceptors (Lipinski definition) is 3. The van der Waals surface area contributed by atoms with Gasteiger partial charge in [0.15, 0.2) is 0 Å². The summed E-state index contributed by atoms with van der Waals surface area (Å²) in [5.74, 6) is -0.878. The number of hydrogen-bond donors (Lipinski definition) is 3. The van der Waals surface area contributed by atoms with Crippen LogP contribution in [0.3, 0.4) is 0 Å². The highest BCUT2D eigenvalue weighted by atomic mass is 16.4. The Kier molecular flexibility index (Phi) is 2.87. The number of benzene rings is 1. The molecule has 0 aliphatic heterocycles. The molecule has 0 amide bonds. The maximum absolute atomic E-state index is 10.6. The van der Waals surface area contributed by atoms with Crippen molar-refractivity contribution < 1.29 is 15.0 Å². The molecule has 0 heterocycles. The van der Waals surface area contributed by atoms with Gasteiger partial charge in [0, 0.05) is 12.1 Å². The van der Waals surface area contributed by atoms with Crippen LogP contribution in [-0.4, -0.2) is 23.2 Å². The van der Waals surface area contributed by atoms with Gasteiger partial charge in [0.2, 0.25) is 0 Å². The van der Waals surface area contributed by atoms with Gasteiger partial charge in [-0.05, 0) is 25.2 Å². The minimum Gasteiger partial charge on any atom is -0.508 e. The molecular formula is C9H11NO3. The largest absolute Gasteiger partial charge is 0.508 e. The Labute approximate surface area is 75.8 Å². The van der Waals surface area contributed by atoms with E-state index in [1.54, 1.807) is 7.05 Å². The third-order valence-corrected chi connectivity index (χ3v) is 1.69. The molecule has 0 spiro atoms. The normalized spacial score (nSPS) is 9.92. The van der Waals surface area contributed by atoms with E-state index in [1.807, 2.05) is 0 Å². The van der Waals surface area contributed by atoms with E-state index in [0.717, 1.165) is 0 Å². The minimum atomic E-state index is -0.989. The van der Waals surface area contributed by atoms with Crippen molar-refractivity contribution in [1.29, 1.82) is 0 Å². The summed E-state index contributed by atoms with van der Waals surface area (Å²) in [4.78, 5) is 10.6. The zero-order valence-electron chi connectivity index (χ0n) is 7.24. The van der Waals surface area contributed by atoms with E-state index >= 15 is 0 Å². The van der Waals surface area contributed by atoms with Gasteiger partial charge in [-0.1, -0.05) is 0 Å². The SMILES string of the molecule is CNCc1cc(C(=O)O)ccc1O. The lowest BCUT2D eigenvalue weighted by Gasteiger charge is -2.04. The van der Waals surface area contributed by atoms with Crippen LogP contribution in [0.2, 0.25) is 0 Å². The van der Waals surface area contributed by atoms with E-state index in [0.29, 0.717) is 12.1 Å². The van der Waals surface area contributed by atoms with Crippen molar-refractivity contribution in [1.82, 2.24) is 5.32 Å².